The lowest BCUT2D eigenvalue weighted by Crippen LogP contribution is -2.24. The van der Waals surface area contributed by atoms with Gasteiger partial charge in [-0.3, -0.25) is 9.78 Å². The second-order valence-electron chi connectivity index (χ2n) is 8.01. The number of aryl methyl sites for hydroxylation is 1. The Hall–Kier alpha value is -4.96. The number of pyridine rings is 1. The molecule has 2 aromatic carbocycles. The zero-order valence-electron chi connectivity index (χ0n) is 19.9. The molecule has 0 fully saturated rings. The number of para-hydroxylation sites is 1. The molecule has 0 spiro atoms. The van der Waals surface area contributed by atoms with Gasteiger partial charge < -0.3 is 10.1 Å². The third-order valence-corrected chi connectivity index (χ3v) is 5.41. The van der Waals surface area contributed by atoms with Crippen molar-refractivity contribution in [3.8, 4) is 28.8 Å². The van der Waals surface area contributed by atoms with Gasteiger partial charge in [-0.2, -0.15) is 10.4 Å². The molecule has 0 aliphatic rings. The molecule has 2 aromatic heterocycles. The molecule has 4 aromatic rings. The third-order valence-electron chi connectivity index (χ3n) is 5.41. The number of rotatable bonds is 9. The van der Waals surface area contributed by atoms with Gasteiger partial charge in [0.1, 0.15) is 29.7 Å². The molecule has 1 amide bonds. The normalized spacial score (nSPS) is 10.9. The molecule has 0 aliphatic carbocycles. The van der Waals surface area contributed by atoms with Gasteiger partial charge in [0.2, 0.25) is 0 Å². The van der Waals surface area contributed by atoms with Crippen LogP contribution in [0, 0.1) is 18.3 Å². The molecule has 2 heterocycles. The number of hydrogen-bond acceptors (Lipinski definition) is 5. The highest BCUT2D eigenvalue weighted by molar-refractivity contribution is 6.02. The van der Waals surface area contributed by atoms with E-state index in [2.05, 4.69) is 16.9 Å². The molecule has 0 saturated heterocycles. The van der Waals surface area contributed by atoms with E-state index in [4.69, 9.17) is 9.84 Å². The van der Waals surface area contributed by atoms with Gasteiger partial charge in [0.15, 0.2) is 0 Å². The van der Waals surface area contributed by atoms with Crippen LogP contribution >= 0.6 is 0 Å². The highest BCUT2D eigenvalue weighted by Gasteiger charge is 2.16. The summed E-state index contributed by atoms with van der Waals surface area (Å²) in [5.74, 6) is 0.287. The Morgan fingerprint density at radius 2 is 2.03 bits per heavy atom. The summed E-state index contributed by atoms with van der Waals surface area (Å²) in [6.07, 6.45) is 8.41. The molecule has 0 atom stereocenters. The highest BCUT2D eigenvalue weighted by Crippen LogP contribution is 2.30. The van der Waals surface area contributed by atoms with Gasteiger partial charge in [0.05, 0.1) is 5.69 Å². The first kappa shape index (κ1) is 24.2. The lowest BCUT2D eigenvalue weighted by Gasteiger charge is -2.09. The molecule has 0 radical (unpaired) electrons. The average Bonchev–Trinajstić information content (AvgIpc) is 3.34. The Bertz CT molecular complexity index is 1430. The van der Waals surface area contributed by atoms with Crippen molar-refractivity contribution in [1.29, 1.82) is 5.26 Å². The number of nitriles is 1. The topological polar surface area (TPSA) is 92.8 Å². The summed E-state index contributed by atoms with van der Waals surface area (Å²) in [6.45, 7) is 6.33. The van der Waals surface area contributed by atoms with Crippen molar-refractivity contribution in [3.05, 3.63) is 114 Å². The second kappa shape index (κ2) is 11.4. The van der Waals surface area contributed by atoms with Gasteiger partial charge in [-0.1, -0.05) is 36.9 Å². The second-order valence-corrected chi connectivity index (χ2v) is 8.01. The molecule has 1 N–H and O–H groups in total. The van der Waals surface area contributed by atoms with Crippen LogP contribution < -0.4 is 10.1 Å². The fraction of sp³-hybridized carbons (Fsp3) is 0.103. The molecule has 7 heteroatoms. The van der Waals surface area contributed by atoms with Crippen molar-refractivity contribution >= 4 is 12.0 Å². The largest absolute Gasteiger partial charge is 0.489 e. The molecular weight excluding hydrogens is 450 g/mol. The van der Waals surface area contributed by atoms with Gasteiger partial charge in [-0.25, -0.2) is 4.68 Å². The predicted octanol–water partition coefficient (Wildman–Crippen LogP) is 5.03. The highest BCUT2D eigenvalue weighted by atomic mass is 16.5. The van der Waals surface area contributed by atoms with Crippen LogP contribution in [0.1, 0.15) is 16.7 Å². The quantitative estimate of drug-likeness (QED) is 0.208. The summed E-state index contributed by atoms with van der Waals surface area (Å²) in [6, 6.07) is 21.1. The van der Waals surface area contributed by atoms with E-state index in [0.29, 0.717) is 17.9 Å². The molecule has 4 rings (SSSR count). The van der Waals surface area contributed by atoms with Crippen molar-refractivity contribution in [2.45, 2.75) is 13.5 Å². The van der Waals surface area contributed by atoms with Gasteiger partial charge in [-0.05, 0) is 60.5 Å². The first-order valence-electron chi connectivity index (χ1n) is 11.4. The number of nitrogens with zero attached hydrogens (tertiary/aromatic N) is 4. The van der Waals surface area contributed by atoms with Crippen LogP contribution in [-0.2, 0) is 11.3 Å². The lowest BCUT2D eigenvalue weighted by atomic mass is 10.0. The maximum Gasteiger partial charge on any atom is 0.262 e. The number of nitrogens with one attached hydrogen (secondary N) is 1. The van der Waals surface area contributed by atoms with Crippen molar-refractivity contribution in [1.82, 2.24) is 20.1 Å². The van der Waals surface area contributed by atoms with E-state index in [9.17, 15) is 10.1 Å². The minimum Gasteiger partial charge on any atom is -0.489 e. The Balaban J connectivity index is 1.70. The standard InChI is InChI=1S/C29H25N5O2/c1-3-14-36-27-12-11-23(15-21(27)2)28-25(20-34(33-28)26-9-5-4-6-10-26)16-24(17-30)29(35)32-19-22-8-7-13-31-18-22/h3-13,15-16,18,20H,1,14,19H2,2H3,(H,32,35)/b24-16-. The number of carbonyl (C=O) groups is 1. The third kappa shape index (κ3) is 5.75. The molecule has 36 heavy (non-hydrogen) atoms. The summed E-state index contributed by atoms with van der Waals surface area (Å²) in [7, 11) is 0. The molecule has 0 aliphatic heterocycles. The zero-order valence-corrected chi connectivity index (χ0v) is 19.9. The Morgan fingerprint density at radius 1 is 1.19 bits per heavy atom. The van der Waals surface area contributed by atoms with Gasteiger partial charge in [0.25, 0.3) is 5.91 Å². The first-order valence-corrected chi connectivity index (χ1v) is 11.4. The van der Waals surface area contributed by atoms with E-state index in [-0.39, 0.29) is 12.1 Å². The van der Waals surface area contributed by atoms with Gasteiger partial charge in [0, 0.05) is 36.3 Å². The van der Waals surface area contributed by atoms with Crippen molar-refractivity contribution in [3.63, 3.8) is 0 Å². The molecule has 0 bridgehead atoms. The Kier molecular flexibility index (Phi) is 7.69. The summed E-state index contributed by atoms with van der Waals surface area (Å²) in [4.78, 5) is 16.8. The predicted molar refractivity (Wildman–Crippen MR) is 139 cm³/mol. The SMILES string of the molecule is C=CCOc1ccc(-c2nn(-c3ccccc3)cc2/C=C(/C#N)C(=O)NCc2cccnc2)cc1C. The summed E-state index contributed by atoms with van der Waals surface area (Å²) in [5, 5.41) is 17.3. The molecule has 178 valence electrons. The van der Waals surface area contributed by atoms with Crippen molar-refractivity contribution < 1.29 is 9.53 Å². The Morgan fingerprint density at radius 3 is 2.72 bits per heavy atom. The molecule has 7 nitrogen and oxygen atoms in total. The van der Waals surface area contributed by atoms with Gasteiger partial charge in [-0.15, -0.1) is 0 Å². The summed E-state index contributed by atoms with van der Waals surface area (Å²) < 4.78 is 7.44. The number of hydrogen-bond donors (Lipinski definition) is 1. The zero-order chi connectivity index (χ0) is 25.3. The number of ether oxygens (including phenoxy) is 1. The van der Waals surface area contributed by atoms with Crippen molar-refractivity contribution in [2.24, 2.45) is 0 Å². The fourth-order valence-electron chi connectivity index (χ4n) is 3.62. The fourth-order valence-corrected chi connectivity index (χ4v) is 3.62. The van der Waals surface area contributed by atoms with E-state index < -0.39 is 5.91 Å². The smallest absolute Gasteiger partial charge is 0.262 e. The van der Waals surface area contributed by atoms with Crippen LogP contribution in [0.5, 0.6) is 5.75 Å². The van der Waals surface area contributed by atoms with E-state index in [1.54, 1.807) is 35.3 Å². The van der Waals surface area contributed by atoms with Crippen LogP contribution in [0.15, 0.2) is 97.5 Å². The monoisotopic (exact) mass is 475 g/mol. The van der Waals surface area contributed by atoms with E-state index >= 15 is 0 Å². The number of amides is 1. The maximum absolute atomic E-state index is 12.8. The van der Waals surface area contributed by atoms with Gasteiger partial charge >= 0.3 is 0 Å². The summed E-state index contributed by atoms with van der Waals surface area (Å²) >= 11 is 0. The number of carbonyl (C=O) groups excluding carboxylic acids is 1. The van der Waals surface area contributed by atoms with Crippen LogP contribution in [-0.4, -0.2) is 27.3 Å². The molecule has 0 unspecified atom stereocenters. The van der Waals surface area contributed by atoms with Crippen molar-refractivity contribution in [2.75, 3.05) is 6.61 Å². The minimum absolute atomic E-state index is 0.0181. The van der Waals surface area contributed by atoms with Crippen LogP contribution in [0.3, 0.4) is 0 Å². The van der Waals surface area contributed by atoms with E-state index in [1.165, 1.54) is 0 Å². The number of aromatic nitrogens is 3. The number of benzene rings is 2. The minimum atomic E-state index is -0.468. The van der Waals surface area contributed by atoms with E-state index in [1.807, 2.05) is 73.8 Å². The lowest BCUT2D eigenvalue weighted by molar-refractivity contribution is -0.117. The van der Waals surface area contributed by atoms with Crippen LogP contribution in [0.2, 0.25) is 0 Å². The van der Waals surface area contributed by atoms with Crippen LogP contribution in [0.4, 0.5) is 0 Å². The van der Waals surface area contributed by atoms with E-state index in [0.717, 1.165) is 28.1 Å². The molecule has 0 saturated carbocycles. The molecular formula is C29H25N5O2. The summed E-state index contributed by atoms with van der Waals surface area (Å²) in [5.41, 5.74) is 4.75. The first-order chi connectivity index (χ1) is 17.6. The Labute approximate surface area is 210 Å². The average molecular weight is 476 g/mol. The maximum atomic E-state index is 12.8. The van der Waals surface area contributed by atoms with Crippen LogP contribution in [0.25, 0.3) is 23.0 Å².